The Kier molecular flexibility index (Phi) is 3.44. The summed E-state index contributed by atoms with van der Waals surface area (Å²) in [5.41, 5.74) is 1.27. The standard InChI is InChI=1S/C16H17N5O3/c1-10-8-12(19-24-10)16(23)20-7-3-2-4-13(20)11-9-15(22)21-14(18-11)5-6-17-21/h5-6,8-9,13,17H,2-4,7H2,1H3. The van der Waals surface area contributed by atoms with E-state index in [1.54, 1.807) is 30.2 Å². The van der Waals surface area contributed by atoms with Crippen LogP contribution in [0.2, 0.25) is 0 Å². The molecule has 24 heavy (non-hydrogen) atoms. The molecule has 1 unspecified atom stereocenters. The molecule has 0 bridgehead atoms. The van der Waals surface area contributed by atoms with Crippen LogP contribution in [0.25, 0.3) is 5.65 Å². The van der Waals surface area contributed by atoms with Gasteiger partial charge in [0.25, 0.3) is 11.5 Å². The average molecular weight is 327 g/mol. The van der Waals surface area contributed by atoms with Gasteiger partial charge in [0.15, 0.2) is 11.3 Å². The molecule has 1 aliphatic rings. The van der Waals surface area contributed by atoms with Crippen molar-refractivity contribution in [2.75, 3.05) is 6.54 Å². The molecule has 1 aliphatic heterocycles. The van der Waals surface area contributed by atoms with E-state index in [0.29, 0.717) is 29.3 Å². The van der Waals surface area contributed by atoms with Crippen LogP contribution in [0, 0.1) is 6.92 Å². The number of rotatable bonds is 2. The fourth-order valence-electron chi connectivity index (χ4n) is 3.21. The molecule has 0 radical (unpaired) electrons. The van der Waals surface area contributed by atoms with Gasteiger partial charge in [0.1, 0.15) is 5.76 Å². The lowest BCUT2D eigenvalue weighted by Gasteiger charge is -2.34. The molecule has 3 aromatic heterocycles. The van der Waals surface area contributed by atoms with Gasteiger partial charge < -0.3 is 9.42 Å². The molecule has 8 nitrogen and oxygen atoms in total. The minimum Gasteiger partial charge on any atom is -0.361 e. The first-order chi connectivity index (χ1) is 11.6. The number of H-pyrrole nitrogens is 1. The minimum absolute atomic E-state index is 0.185. The van der Waals surface area contributed by atoms with Gasteiger partial charge in [0.2, 0.25) is 0 Å². The molecular formula is C16H17N5O3. The van der Waals surface area contributed by atoms with E-state index in [0.717, 1.165) is 19.3 Å². The molecule has 0 aromatic carbocycles. The maximum Gasteiger partial charge on any atom is 0.276 e. The number of carbonyl (C=O) groups is 1. The van der Waals surface area contributed by atoms with Crippen molar-refractivity contribution in [2.24, 2.45) is 0 Å². The van der Waals surface area contributed by atoms with Crippen molar-refractivity contribution in [3.63, 3.8) is 0 Å². The highest BCUT2D eigenvalue weighted by Crippen LogP contribution is 2.30. The Morgan fingerprint density at radius 1 is 1.38 bits per heavy atom. The third-order valence-electron chi connectivity index (χ3n) is 4.35. The van der Waals surface area contributed by atoms with Crippen molar-refractivity contribution in [1.29, 1.82) is 0 Å². The minimum atomic E-state index is -0.226. The van der Waals surface area contributed by atoms with E-state index in [-0.39, 0.29) is 17.5 Å². The number of nitrogens with one attached hydrogen (secondary N) is 1. The number of nitrogens with zero attached hydrogens (tertiary/aromatic N) is 4. The number of hydrogen-bond acceptors (Lipinski definition) is 5. The van der Waals surface area contributed by atoms with E-state index in [2.05, 4.69) is 15.2 Å². The predicted octanol–water partition coefficient (Wildman–Crippen LogP) is 1.69. The molecule has 4 rings (SSSR count). The Labute approximate surface area is 137 Å². The van der Waals surface area contributed by atoms with Crippen LogP contribution in [0.3, 0.4) is 0 Å². The number of aromatic amines is 1. The van der Waals surface area contributed by atoms with E-state index < -0.39 is 0 Å². The molecule has 124 valence electrons. The van der Waals surface area contributed by atoms with Crippen molar-refractivity contribution >= 4 is 11.6 Å². The summed E-state index contributed by atoms with van der Waals surface area (Å²) in [6.07, 6.45) is 4.34. The fraction of sp³-hybridized carbons (Fsp3) is 0.375. The second kappa shape index (κ2) is 5.63. The highest BCUT2D eigenvalue weighted by molar-refractivity contribution is 5.92. The SMILES string of the molecule is Cc1cc(C(=O)N2CCCCC2c2cc(=O)n3[nH]ccc3n2)no1. The number of hydrogen-bond donors (Lipinski definition) is 1. The maximum atomic E-state index is 12.8. The highest BCUT2D eigenvalue weighted by atomic mass is 16.5. The summed E-state index contributed by atoms with van der Waals surface area (Å²) in [5, 5.41) is 6.64. The summed E-state index contributed by atoms with van der Waals surface area (Å²) in [6.45, 7) is 2.36. The summed E-state index contributed by atoms with van der Waals surface area (Å²) in [4.78, 5) is 31.3. The first-order valence-corrected chi connectivity index (χ1v) is 7.95. The average Bonchev–Trinajstić information content (AvgIpc) is 3.23. The molecular weight excluding hydrogens is 310 g/mol. The zero-order valence-corrected chi connectivity index (χ0v) is 13.2. The summed E-state index contributed by atoms with van der Waals surface area (Å²) in [6, 6.07) is 4.64. The molecule has 1 saturated heterocycles. The lowest BCUT2D eigenvalue weighted by Crippen LogP contribution is -2.39. The van der Waals surface area contributed by atoms with E-state index in [1.165, 1.54) is 10.6 Å². The van der Waals surface area contributed by atoms with Gasteiger partial charge >= 0.3 is 0 Å². The number of aromatic nitrogens is 4. The van der Waals surface area contributed by atoms with Crippen LogP contribution >= 0.6 is 0 Å². The molecule has 0 aliphatic carbocycles. The van der Waals surface area contributed by atoms with Crippen LogP contribution < -0.4 is 5.56 Å². The lowest BCUT2D eigenvalue weighted by atomic mass is 9.98. The summed E-state index contributed by atoms with van der Waals surface area (Å²) >= 11 is 0. The maximum absolute atomic E-state index is 12.8. The van der Waals surface area contributed by atoms with Crippen LogP contribution in [0.5, 0.6) is 0 Å². The Morgan fingerprint density at radius 2 is 2.25 bits per heavy atom. The fourth-order valence-corrected chi connectivity index (χ4v) is 3.21. The topological polar surface area (TPSA) is 96.5 Å². The molecule has 4 heterocycles. The van der Waals surface area contributed by atoms with E-state index >= 15 is 0 Å². The van der Waals surface area contributed by atoms with Gasteiger partial charge in [-0.15, -0.1) is 0 Å². The van der Waals surface area contributed by atoms with Gasteiger partial charge in [-0.1, -0.05) is 5.16 Å². The lowest BCUT2D eigenvalue weighted by molar-refractivity contribution is 0.0595. The number of carbonyl (C=O) groups excluding carboxylic acids is 1. The smallest absolute Gasteiger partial charge is 0.276 e. The van der Waals surface area contributed by atoms with Gasteiger partial charge in [0.05, 0.1) is 11.7 Å². The van der Waals surface area contributed by atoms with E-state index in [9.17, 15) is 9.59 Å². The van der Waals surface area contributed by atoms with Crippen LogP contribution in [-0.4, -0.2) is 37.1 Å². The molecule has 0 saturated carbocycles. The Balaban J connectivity index is 1.73. The van der Waals surface area contributed by atoms with Crippen LogP contribution in [0.15, 0.2) is 33.7 Å². The van der Waals surface area contributed by atoms with Crippen LogP contribution in [0.1, 0.15) is 47.2 Å². The van der Waals surface area contributed by atoms with Crippen molar-refractivity contribution < 1.29 is 9.32 Å². The van der Waals surface area contributed by atoms with Crippen molar-refractivity contribution in [1.82, 2.24) is 24.7 Å². The third-order valence-corrected chi connectivity index (χ3v) is 4.35. The van der Waals surface area contributed by atoms with Crippen molar-refractivity contribution in [3.8, 4) is 0 Å². The van der Waals surface area contributed by atoms with Gasteiger partial charge in [-0.05, 0) is 26.2 Å². The highest BCUT2D eigenvalue weighted by Gasteiger charge is 2.31. The van der Waals surface area contributed by atoms with E-state index in [4.69, 9.17) is 4.52 Å². The zero-order valence-electron chi connectivity index (χ0n) is 13.2. The van der Waals surface area contributed by atoms with Crippen molar-refractivity contribution in [2.45, 2.75) is 32.2 Å². The Hall–Kier alpha value is -2.90. The number of amides is 1. The first-order valence-electron chi connectivity index (χ1n) is 7.95. The molecule has 8 heteroatoms. The molecule has 1 N–H and O–H groups in total. The van der Waals surface area contributed by atoms with Gasteiger partial charge in [-0.3, -0.25) is 14.7 Å². The summed E-state index contributed by atoms with van der Waals surface area (Å²) in [7, 11) is 0. The van der Waals surface area contributed by atoms with E-state index in [1.807, 2.05) is 0 Å². The predicted molar refractivity (Wildman–Crippen MR) is 84.7 cm³/mol. The van der Waals surface area contributed by atoms with Crippen LogP contribution in [-0.2, 0) is 0 Å². The van der Waals surface area contributed by atoms with Gasteiger partial charge in [-0.25, -0.2) is 9.50 Å². The zero-order chi connectivity index (χ0) is 16.7. The number of piperidine rings is 1. The Bertz CT molecular complexity index is 954. The van der Waals surface area contributed by atoms with Crippen LogP contribution in [0.4, 0.5) is 0 Å². The summed E-state index contributed by atoms with van der Waals surface area (Å²) in [5.74, 6) is 0.407. The van der Waals surface area contributed by atoms with Crippen molar-refractivity contribution in [3.05, 3.63) is 51.9 Å². The molecule has 1 fully saturated rings. The van der Waals surface area contributed by atoms with Gasteiger partial charge in [-0.2, -0.15) is 0 Å². The van der Waals surface area contributed by atoms with Gasteiger partial charge in [0, 0.05) is 30.9 Å². The summed E-state index contributed by atoms with van der Waals surface area (Å²) < 4.78 is 6.39. The normalized spacial score (nSPS) is 18.2. The number of likely N-dealkylation sites (tertiary alicyclic amines) is 1. The number of fused-ring (bicyclic) bond motifs is 1. The second-order valence-electron chi connectivity index (χ2n) is 6.01. The third kappa shape index (κ3) is 2.40. The molecule has 1 atom stereocenters. The quantitative estimate of drug-likeness (QED) is 0.772. The molecule has 0 spiro atoms. The first kappa shape index (κ1) is 14.7. The largest absolute Gasteiger partial charge is 0.361 e. The molecule has 1 amide bonds. The number of aryl methyl sites for hydroxylation is 1. The monoisotopic (exact) mass is 327 g/mol. The molecule has 3 aromatic rings. The Morgan fingerprint density at radius 3 is 3.04 bits per heavy atom. The second-order valence-corrected chi connectivity index (χ2v) is 6.01.